The Morgan fingerprint density at radius 3 is 2.31 bits per heavy atom. The fourth-order valence-corrected chi connectivity index (χ4v) is 3.45. The number of rotatable bonds is 8. The van der Waals surface area contributed by atoms with E-state index in [1.54, 1.807) is 31.2 Å². The molecule has 0 aliphatic rings. The van der Waals surface area contributed by atoms with E-state index in [0.717, 1.165) is 29.8 Å². The first kappa shape index (κ1) is 19.5. The molecule has 2 aromatic carbocycles. The number of non-ortho nitro benzene ring substituents is 1. The van der Waals surface area contributed by atoms with Crippen molar-refractivity contribution in [3.63, 3.8) is 0 Å². The van der Waals surface area contributed by atoms with Crippen molar-refractivity contribution in [1.29, 1.82) is 0 Å². The van der Waals surface area contributed by atoms with E-state index in [4.69, 9.17) is 4.74 Å². The smallest absolute Gasteiger partial charge is 0.324 e. The van der Waals surface area contributed by atoms with Gasteiger partial charge in [-0.2, -0.15) is 4.72 Å². The lowest BCUT2D eigenvalue weighted by Gasteiger charge is -2.17. The van der Waals surface area contributed by atoms with Gasteiger partial charge in [0, 0.05) is 12.1 Å². The lowest BCUT2D eigenvalue weighted by Crippen LogP contribution is -2.43. The molecule has 2 rings (SSSR count). The number of esters is 1. The van der Waals surface area contributed by atoms with Gasteiger partial charge in [0.25, 0.3) is 5.69 Å². The van der Waals surface area contributed by atoms with Gasteiger partial charge in [-0.1, -0.05) is 30.3 Å². The van der Waals surface area contributed by atoms with Crippen LogP contribution in [0, 0.1) is 10.1 Å². The monoisotopic (exact) mass is 378 g/mol. The van der Waals surface area contributed by atoms with Gasteiger partial charge < -0.3 is 4.74 Å². The zero-order valence-corrected chi connectivity index (χ0v) is 14.8. The predicted molar refractivity (Wildman–Crippen MR) is 94.0 cm³/mol. The minimum Gasteiger partial charge on any atom is -0.465 e. The molecule has 0 aliphatic carbocycles. The van der Waals surface area contributed by atoms with E-state index in [0.29, 0.717) is 0 Å². The summed E-state index contributed by atoms with van der Waals surface area (Å²) < 4.78 is 32.3. The third-order valence-electron chi connectivity index (χ3n) is 3.51. The normalized spacial score (nSPS) is 12.3. The van der Waals surface area contributed by atoms with E-state index in [2.05, 4.69) is 4.72 Å². The highest BCUT2D eigenvalue weighted by Gasteiger charge is 2.27. The van der Waals surface area contributed by atoms with Crippen molar-refractivity contribution >= 4 is 21.7 Å². The van der Waals surface area contributed by atoms with Crippen LogP contribution in [0.4, 0.5) is 5.69 Å². The summed E-state index contributed by atoms with van der Waals surface area (Å²) in [6, 6.07) is 12.2. The van der Waals surface area contributed by atoms with E-state index >= 15 is 0 Å². The van der Waals surface area contributed by atoms with Crippen molar-refractivity contribution < 1.29 is 22.9 Å². The molecule has 0 saturated heterocycles. The fourth-order valence-electron chi connectivity index (χ4n) is 2.27. The van der Waals surface area contributed by atoms with Crippen molar-refractivity contribution in [2.24, 2.45) is 0 Å². The second-order valence-corrected chi connectivity index (χ2v) is 7.08. The number of nitro benzene ring substituents is 1. The molecule has 0 unspecified atom stereocenters. The maximum absolute atomic E-state index is 12.5. The van der Waals surface area contributed by atoms with Crippen molar-refractivity contribution in [3.8, 4) is 0 Å². The minimum absolute atomic E-state index is 0.114. The van der Waals surface area contributed by atoms with Crippen LogP contribution in [-0.2, 0) is 26.0 Å². The first-order valence-corrected chi connectivity index (χ1v) is 9.29. The average molecular weight is 378 g/mol. The largest absolute Gasteiger partial charge is 0.465 e. The molecule has 0 aliphatic heterocycles. The molecule has 0 radical (unpaired) electrons. The summed E-state index contributed by atoms with van der Waals surface area (Å²) in [5, 5.41) is 10.7. The number of hydrogen-bond acceptors (Lipinski definition) is 6. The van der Waals surface area contributed by atoms with E-state index in [1.807, 2.05) is 6.07 Å². The summed E-state index contributed by atoms with van der Waals surface area (Å²) in [6.45, 7) is 1.74. The molecule has 9 heteroatoms. The van der Waals surface area contributed by atoms with Crippen LogP contribution in [0.25, 0.3) is 0 Å². The quantitative estimate of drug-likeness (QED) is 0.427. The van der Waals surface area contributed by atoms with Crippen molar-refractivity contribution in [2.75, 3.05) is 6.61 Å². The molecule has 0 saturated carbocycles. The van der Waals surface area contributed by atoms with Crippen molar-refractivity contribution in [2.45, 2.75) is 24.3 Å². The van der Waals surface area contributed by atoms with Crippen LogP contribution in [0.2, 0.25) is 0 Å². The topological polar surface area (TPSA) is 116 Å². The molecule has 1 atom stereocenters. The average Bonchev–Trinajstić information content (AvgIpc) is 2.62. The number of hydrogen-bond donors (Lipinski definition) is 1. The maximum atomic E-state index is 12.5. The molecule has 0 fully saturated rings. The molecule has 1 N–H and O–H groups in total. The number of carbonyl (C=O) groups is 1. The molecule has 0 bridgehead atoms. The van der Waals surface area contributed by atoms with Crippen LogP contribution < -0.4 is 4.72 Å². The summed E-state index contributed by atoms with van der Waals surface area (Å²) >= 11 is 0. The molecular formula is C17H18N2O6S. The highest BCUT2D eigenvalue weighted by molar-refractivity contribution is 7.89. The van der Waals surface area contributed by atoms with Gasteiger partial charge >= 0.3 is 5.97 Å². The molecule has 2 aromatic rings. The van der Waals surface area contributed by atoms with Gasteiger partial charge in [-0.25, -0.2) is 8.42 Å². The second kappa shape index (κ2) is 8.54. The third-order valence-corrected chi connectivity index (χ3v) is 5.00. The molecule has 26 heavy (non-hydrogen) atoms. The predicted octanol–water partition coefficient (Wildman–Crippen LogP) is 2.05. The molecule has 0 aromatic heterocycles. The van der Waals surface area contributed by atoms with E-state index in [1.165, 1.54) is 0 Å². The van der Waals surface area contributed by atoms with Crippen LogP contribution in [-0.4, -0.2) is 32.0 Å². The molecular weight excluding hydrogens is 360 g/mol. The highest BCUT2D eigenvalue weighted by Crippen LogP contribution is 2.17. The Balaban J connectivity index is 2.24. The Hall–Kier alpha value is -2.78. The van der Waals surface area contributed by atoms with Gasteiger partial charge in [0.15, 0.2) is 0 Å². The Bertz CT molecular complexity index is 866. The Kier molecular flexibility index (Phi) is 6.42. The first-order chi connectivity index (χ1) is 12.3. The van der Waals surface area contributed by atoms with Gasteiger partial charge in [0.05, 0.1) is 16.4 Å². The lowest BCUT2D eigenvalue weighted by atomic mass is 10.1. The van der Waals surface area contributed by atoms with E-state index in [9.17, 15) is 23.3 Å². The van der Waals surface area contributed by atoms with Crippen LogP contribution in [0.5, 0.6) is 0 Å². The number of nitro groups is 1. The van der Waals surface area contributed by atoms with Crippen LogP contribution in [0.1, 0.15) is 12.5 Å². The van der Waals surface area contributed by atoms with Gasteiger partial charge in [0.2, 0.25) is 10.0 Å². The lowest BCUT2D eigenvalue weighted by molar-refractivity contribution is -0.384. The maximum Gasteiger partial charge on any atom is 0.324 e. The zero-order valence-electron chi connectivity index (χ0n) is 14.0. The molecule has 0 spiro atoms. The number of carbonyl (C=O) groups excluding carboxylic acids is 1. The minimum atomic E-state index is -4.06. The summed E-state index contributed by atoms with van der Waals surface area (Å²) in [5.41, 5.74) is 0.534. The number of nitrogens with zero attached hydrogens (tertiary/aromatic N) is 1. The number of ether oxygens (including phenoxy) is 1. The van der Waals surface area contributed by atoms with E-state index < -0.39 is 27.0 Å². The van der Waals surface area contributed by atoms with Gasteiger partial charge in [-0.05, 0) is 31.0 Å². The summed E-state index contributed by atoms with van der Waals surface area (Å²) in [5.74, 6) is -0.693. The van der Waals surface area contributed by atoms with Gasteiger partial charge in [0.1, 0.15) is 6.04 Å². The molecule has 138 valence electrons. The summed E-state index contributed by atoms with van der Waals surface area (Å²) in [6.07, 6.45) is 0.117. The number of benzene rings is 2. The van der Waals surface area contributed by atoms with Crippen LogP contribution >= 0.6 is 0 Å². The Labute approximate surface area is 151 Å². The summed E-state index contributed by atoms with van der Waals surface area (Å²) in [7, 11) is -4.06. The van der Waals surface area contributed by atoms with E-state index in [-0.39, 0.29) is 23.6 Å². The number of sulfonamides is 1. The molecule has 8 nitrogen and oxygen atoms in total. The van der Waals surface area contributed by atoms with Crippen molar-refractivity contribution in [3.05, 3.63) is 70.3 Å². The second-order valence-electron chi connectivity index (χ2n) is 5.37. The standard InChI is InChI=1S/C17H18N2O6S/c1-2-25-17(20)16(12-13-6-4-3-5-7-13)18-26(23,24)15-10-8-14(9-11-15)19(21)22/h3-11,16,18H,2,12H2,1H3/t16-/m0/s1. The SMILES string of the molecule is CCOC(=O)[C@H](Cc1ccccc1)NS(=O)(=O)c1ccc([N+](=O)[O-])cc1. The van der Waals surface area contributed by atoms with Crippen LogP contribution in [0.3, 0.4) is 0 Å². The molecule has 0 heterocycles. The van der Waals surface area contributed by atoms with Gasteiger partial charge in [-0.3, -0.25) is 14.9 Å². The van der Waals surface area contributed by atoms with Crippen molar-refractivity contribution in [1.82, 2.24) is 4.72 Å². The van der Waals surface area contributed by atoms with Crippen LogP contribution in [0.15, 0.2) is 59.5 Å². The summed E-state index contributed by atoms with van der Waals surface area (Å²) in [4.78, 5) is 22.0. The highest BCUT2D eigenvalue weighted by atomic mass is 32.2. The molecule has 0 amide bonds. The van der Waals surface area contributed by atoms with Gasteiger partial charge in [-0.15, -0.1) is 0 Å². The first-order valence-electron chi connectivity index (χ1n) is 7.81. The fraction of sp³-hybridized carbons (Fsp3) is 0.235. The third kappa shape index (κ3) is 5.11. The Morgan fingerprint density at radius 1 is 1.15 bits per heavy atom. The zero-order chi connectivity index (χ0) is 19.2. The number of nitrogens with one attached hydrogen (secondary N) is 1. The Morgan fingerprint density at radius 2 is 1.77 bits per heavy atom.